The molecule has 1 aliphatic carbocycles. The van der Waals surface area contributed by atoms with Crippen molar-refractivity contribution in [2.45, 2.75) is 26.7 Å². The van der Waals surface area contributed by atoms with Gasteiger partial charge in [0.25, 0.3) is 0 Å². The van der Waals surface area contributed by atoms with Crippen LogP contribution >= 0.6 is 11.6 Å². The van der Waals surface area contributed by atoms with E-state index in [1.54, 1.807) is 18.5 Å². The number of nitrogens with zero attached hydrogens (tertiary/aromatic N) is 1. The third kappa shape index (κ3) is 5.10. The minimum atomic E-state index is -0.312. The topological polar surface area (TPSA) is 56.7 Å². The molecule has 25 heavy (non-hydrogen) atoms. The van der Waals surface area contributed by atoms with Gasteiger partial charge in [0.05, 0.1) is 23.0 Å². The fraction of sp³-hybridized carbons (Fsp3) is 0.316. The molecule has 1 aliphatic heterocycles. The molecule has 3 N–H and O–H groups in total. The monoisotopic (exact) mass is 363 g/mol. The molecule has 4 nitrogen and oxygen atoms in total. The maximum atomic E-state index is 14.5. The number of aliphatic hydroxyl groups excluding tert-OH is 1. The highest BCUT2D eigenvalue weighted by Crippen LogP contribution is 2.24. The van der Waals surface area contributed by atoms with Crippen molar-refractivity contribution in [3.8, 4) is 0 Å². The lowest BCUT2D eigenvalue weighted by atomic mass is 9.97. The lowest BCUT2D eigenvalue weighted by molar-refractivity contribution is 0.405. The molecule has 0 unspecified atom stereocenters. The molecule has 2 aliphatic rings. The van der Waals surface area contributed by atoms with Crippen molar-refractivity contribution in [3.63, 3.8) is 0 Å². The predicted octanol–water partition coefficient (Wildman–Crippen LogP) is 4.52. The number of aliphatic hydroxyl groups is 1. The number of unbranched alkanes of at least 4 members (excludes halogenated alkanes) is 1. The molecule has 1 heterocycles. The second-order valence-electron chi connectivity index (χ2n) is 5.65. The zero-order valence-corrected chi connectivity index (χ0v) is 15.2. The zero-order chi connectivity index (χ0) is 18.2. The molecule has 6 heteroatoms. The van der Waals surface area contributed by atoms with E-state index in [9.17, 15) is 9.50 Å². The van der Waals surface area contributed by atoms with E-state index >= 15 is 0 Å². The van der Waals surface area contributed by atoms with Crippen molar-refractivity contribution in [1.29, 1.82) is 0 Å². The normalized spacial score (nSPS) is 21.4. The van der Waals surface area contributed by atoms with E-state index in [0.29, 0.717) is 22.8 Å². The van der Waals surface area contributed by atoms with Gasteiger partial charge in [-0.15, -0.1) is 0 Å². The summed E-state index contributed by atoms with van der Waals surface area (Å²) in [7, 11) is 0. The minimum absolute atomic E-state index is 0.0208. The van der Waals surface area contributed by atoms with Gasteiger partial charge in [-0.3, -0.25) is 4.99 Å². The van der Waals surface area contributed by atoms with Gasteiger partial charge in [-0.1, -0.05) is 37.1 Å². The molecule has 0 saturated carbocycles. The number of rotatable bonds is 6. The largest absolute Gasteiger partial charge is 0.504 e. The Kier molecular flexibility index (Phi) is 7.07. The van der Waals surface area contributed by atoms with Gasteiger partial charge in [0.15, 0.2) is 5.76 Å². The van der Waals surface area contributed by atoms with Crippen LogP contribution < -0.4 is 10.6 Å². The average Bonchev–Trinajstić information content (AvgIpc) is 2.61. The van der Waals surface area contributed by atoms with Crippen LogP contribution in [0.2, 0.25) is 0 Å². The first kappa shape index (κ1) is 19.1. The maximum Gasteiger partial charge on any atom is 0.156 e. The summed E-state index contributed by atoms with van der Waals surface area (Å²) in [5.41, 5.74) is 2.40. The van der Waals surface area contributed by atoms with Gasteiger partial charge in [-0.25, -0.2) is 4.39 Å². The molecule has 0 amide bonds. The van der Waals surface area contributed by atoms with E-state index in [4.69, 9.17) is 11.6 Å². The molecular formula is C19H23ClFN3O. The zero-order valence-electron chi connectivity index (χ0n) is 14.4. The Morgan fingerprint density at radius 1 is 1.44 bits per heavy atom. The van der Waals surface area contributed by atoms with Gasteiger partial charge < -0.3 is 15.7 Å². The molecule has 0 radical (unpaired) electrons. The van der Waals surface area contributed by atoms with Gasteiger partial charge in [0.2, 0.25) is 0 Å². The van der Waals surface area contributed by atoms with E-state index < -0.39 is 0 Å². The third-order valence-corrected chi connectivity index (χ3v) is 4.01. The molecule has 134 valence electrons. The lowest BCUT2D eigenvalue weighted by Crippen LogP contribution is -2.26. The number of hydrogen-bond acceptors (Lipinski definition) is 4. The standard InChI is InChI=1S/C19H23ClFN3O/c1-3-5-6-13-8-16(21)14(9-17(13)23-7-4-2)10-24-18-12-22-11-15(20)19(18)25/h4,6-9,12,22,24-25H,3,5,10-11H2,1-2H3/b7-4-,13-6+,23-17+. The molecule has 0 fully saturated rings. The van der Waals surface area contributed by atoms with Crippen molar-refractivity contribution >= 4 is 17.3 Å². The first-order chi connectivity index (χ1) is 12.1. The lowest BCUT2D eigenvalue weighted by Gasteiger charge is -2.19. The van der Waals surface area contributed by atoms with Gasteiger partial charge in [-0.05, 0) is 31.1 Å². The first-order valence-electron chi connectivity index (χ1n) is 8.29. The highest BCUT2D eigenvalue weighted by Gasteiger charge is 2.18. The number of aliphatic imine (C=N–C) groups is 1. The molecule has 0 aromatic rings. The van der Waals surface area contributed by atoms with Gasteiger partial charge in [0.1, 0.15) is 5.83 Å². The average molecular weight is 364 g/mol. The summed E-state index contributed by atoms with van der Waals surface area (Å²) in [6.07, 6.45) is 12.2. The Bertz CT molecular complexity index is 727. The Morgan fingerprint density at radius 2 is 2.24 bits per heavy atom. The Hall–Kier alpha value is -2.27. The van der Waals surface area contributed by atoms with Gasteiger partial charge in [0, 0.05) is 24.5 Å². The Balaban J connectivity index is 2.19. The van der Waals surface area contributed by atoms with Crippen LogP contribution in [0.25, 0.3) is 0 Å². The number of hydrogen-bond donors (Lipinski definition) is 3. The second-order valence-corrected chi connectivity index (χ2v) is 6.11. The molecule has 0 atom stereocenters. The number of dihydropyridines is 1. The summed E-state index contributed by atoms with van der Waals surface area (Å²) >= 11 is 5.91. The molecular weight excluding hydrogens is 341 g/mol. The number of nitrogens with one attached hydrogen (secondary N) is 2. The first-order valence-corrected chi connectivity index (χ1v) is 8.67. The van der Waals surface area contributed by atoms with Crippen LogP contribution in [0.5, 0.6) is 0 Å². The summed E-state index contributed by atoms with van der Waals surface area (Å²) < 4.78 is 14.5. The Labute approximate surface area is 152 Å². The summed E-state index contributed by atoms with van der Waals surface area (Å²) in [5, 5.41) is 16.2. The number of halogens is 2. The van der Waals surface area contributed by atoms with Crippen LogP contribution in [0, 0.1) is 0 Å². The van der Waals surface area contributed by atoms with Gasteiger partial charge >= 0.3 is 0 Å². The van der Waals surface area contributed by atoms with Crippen LogP contribution in [0.4, 0.5) is 4.39 Å². The molecule has 0 aromatic carbocycles. The summed E-state index contributed by atoms with van der Waals surface area (Å²) in [5.74, 6) is -0.333. The van der Waals surface area contributed by atoms with Crippen molar-refractivity contribution in [2.24, 2.45) is 4.99 Å². The highest BCUT2D eigenvalue weighted by molar-refractivity contribution is 6.30. The van der Waals surface area contributed by atoms with Crippen molar-refractivity contribution in [1.82, 2.24) is 10.6 Å². The Morgan fingerprint density at radius 3 is 2.96 bits per heavy atom. The fourth-order valence-electron chi connectivity index (χ4n) is 2.35. The van der Waals surface area contributed by atoms with Crippen molar-refractivity contribution in [2.75, 3.05) is 13.1 Å². The van der Waals surface area contributed by atoms with Crippen molar-refractivity contribution in [3.05, 3.63) is 70.2 Å². The van der Waals surface area contributed by atoms with Crippen molar-refractivity contribution < 1.29 is 9.50 Å². The summed E-state index contributed by atoms with van der Waals surface area (Å²) in [6.45, 7) is 4.54. The van der Waals surface area contributed by atoms with Gasteiger partial charge in [-0.2, -0.15) is 0 Å². The minimum Gasteiger partial charge on any atom is -0.504 e. The van der Waals surface area contributed by atoms with E-state index in [2.05, 4.69) is 22.5 Å². The van der Waals surface area contributed by atoms with E-state index in [1.165, 1.54) is 6.08 Å². The molecule has 0 bridgehead atoms. The van der Waals surface area contributed by atoms with E-state index in [1.807, 2.05) is 19.1 Å². The highest BCUT2D eigenvalue weighted by atomic mass is 35.5. The molecule has 2 rings (SSSR count). The van der Waals surface area contributed by atoms with Crippen LogP contribution in [-0.4, -0.2) is 23.9 Å². The van der Waals surface area contributed by atoms with Crippen LogP contribution in [-0.2, 0) is 0 Å². The maximum absolute atomic E-state index is 14.5. The second kappa shape index (κ2) is 9.28. The van der Waals surface area contributed by atoms with E-state index in [0.717, 1.165) is 24.1 Å². The van der Waals surface area contributed by atoms with E-state index in [-0.39, 0.29) is 18.1 Å². The van der Waals surface area contributed by atoms with Crippen LogP contribution in [0.3, 0.4) is 0 Å². The summed E-state index contributed by atoms with van der Waals surface area (Å²) in [6, 6.07) is 0. The molecule has 0 spiro atoms. The predicted molar refractivity (Wildman–Crippen MR) is 102 cm³/mol. The SMILES string of the molecule is C\C=C/N=C1\C=C(CNC2=CNCC(Cl)=C2O)C(F)=C\C1=C/CCC. The quantitative estimate of drug-likeness (QED) is 0.650. The van der Waals surface area contributed by atoms with Crippen LogP contribution in [0.1, 0.15) is 26.7 Å². The van der Waals surface area contributed by atoms with Crippen LogP contribution in [0.15, 0.2) is 75.2 Å². The number of allylic oxidation sites excluding steroid dienone is 5. The molecule has 0 aromatic heterocycles. The fourth-order valence-corrected chi connectivity index (χ4v) is 2.53. The third-order valence-electron chi connectivity index (χ3n) is 3.70. The summed E-state index contributed by atoms with van der Waals surface area (Å²) in [4.78, 5) is 4.39. The smallest absolute Gasteiger partial charge is 0.156 e. The molecule has 0 saturated heterocycles.